The van der Waals surface area contributed by atoms with Crippen molar-refractivity contribution in [2.75, 3.05) is 6.54 Å². The summed E-state index contributed by atoms with van der Waals surface area (Å²) >= 11 is 3.44. The first kappa shape index (κ1) is 15.2. The van der Waals surface area contributed by atoms with Crippen molar-refractivity contribution >= 4 is 15.9 Å². The number of benzene rings is 2. The zero-order valence-corrected chi connectivity index (χ0v) is 13.2. The number of hydrogen-bond acceptors (Lipinski definition) is 1. The zero-order chi connectivity index (χ0) is 14.4. The highest BCUT2D eigenvalue weighted by atomic mass is 79.9. The van der Waals surface area contributed by atoms with Gasteiger partial charge in [-0.25, -0.2) is 4.39 Å². The van der Waals surface area contributed by atoms with Crippen molar-refractivity contribution in [3.63, 3.8) is 0 Å². The van der Waals surface area contributed by atoms with Gasteiger partial charge in [-0.15, -0.1) is 0 Å². The van der Waals surface area contributed by atoms with E-state index >= 15 is 0 Å². The lowest BCUT2D eigenvalue weighted by Gasteiger charge is -2.18. The molecule has 0 spiro atoms. The van der Waals surface area contributed by atoms with E-state index in [1.54, 1.807) is 6.07 Å². The normalized spacial score (nSPS) is 12.3. The molecule has 0 amide bonds. The van der Waals surface area contributed by atoms with E-state index in [1.807, 2.05) is 24.3 Å². The Bertz CT molecular complexity index is 539. The van der Waals surface area contributed by atoms with Gasteiger partial charge in [0.2, 0.25) is 0 Å². The van der Waals surface area contributed by atoms with Crippen LogP contribution in [0.1, 0.15) is 18.1 Å². The van der Waals surface area contributed by atoms with Crippen LogP contribution in [-0.2, 0) is 12.8 Å². The molecule has 3 heteroatoms. The average molecular weight is 336 g/mol. The summed E-state index contributed by atoms with van der Waals surface area (Å²) in [5.74, 6) is -0.119. The van der Waals surface area contributed by atoms with Crippen molar-refractivity contribution in [2.45, 2.75) is 25.8 Å². The number of hydrogen-bond donors (Lipinski definition) is 1. The Morgan fingerprint density at radius 2 is 1.75 bits per heavy atom. The fourth-order valence-corrected chi connectivity index (χ4v) is 2.60. The molecule has 0 saturated carbocycles. The standard InChI is InChI=1S/C17H19BrFN/c1-2-20-16(11-13-7-9-15(18)10-8-13)12-14-5-3-4-6-17(14)19/h3-10,16,20H,2,11-12H2,1H3. The van der Waals surface area contributed by atoms with Crippen LogP contribution in [0.25, 0.3) is 0 Å². The van der Waals surface area contributed by atoms with Crippen molar-refractivity contribution < 1.29 is 4.39 Å². The number of likely N-dealkylation sites (N-methyl/N-ethyl adjacent to an activating group) is 1. The van der Waals surface area contributed by atoms with Crippen LogP contribution in [0.2, 0.25) is 0 Å². The van der Waals surface area contributed by atoms with Crippen molar-refractivity contribution in [1.82, 2.24) is 5.32 Å². The molecule has 2 aromatic rings. The van der Waals surface area contributed by atoms with Crippen LogP contribution in [0.4, 0.5) is 4.39 Å². The molecular weight excluding hydrogens is 317 g/mol. The summed E-state index contributed by atoms with van der Waals surface area (Å²) in [6.07, 6.45) is 1.60. The Kier molecular flexibility index (Phi) is 5.74. The number of halogens is 2. The molecule has 0 aliphatic carbocycles. The second kappa shape index (κ2) is 7.55. The Labute approximate surface area is 128 Å². The van der Waals surface area contributed by atoms with Gasteiger partial charge in [0.25, 0.3) is 0 Å². The van der Waals surface area contributed by atoms with Crippen molar-refractivity contribution in [3.8, 4) is 0 Å². The van der Waals surface area contributed by atoms with Gasteiger partial charge in [-0.05, 0) is 48.7 Å². The molecule has 0 aliphatic rings. The molecule has 1 N–H and O–H groups in total. The molecule has 0 saturated heterocycles. The summed E-state index contributed by atoms with van der Waals surface area (Å²) in [6, 6.07) is 15.6. The third-order valence-electron chi connectivity index (χ3n) is 3.31. The van der Waals surface area contributed by atoms with Gasteiger partial charge in [0, 0.05) is 10.5 Å². The van der Waals surface area contributed by atoms with Crippen molar-refractivity contribution in [1.29, 1.82) is 0 Å². The summed E-state index contributed by atoms with van der Waals surface area (Å²) in [5, 5.41) is 3.44. The van der Waals surface area contributed by atoms with Crippen LogP contribution in [0.15, 0.2) is 53.0 Å². The van der Waals surface area contributed by atoms with Gasteiger partial charge in [-0.3, -0.25) is 0 Å². The minimum absolute atomic E-state index is 0.119. The molecular formula is C17H19BrFN. The molecule has 0 bridgehead atoms. The molecule has 20 heavy (non-hydrogen) atoms. The van der Waals surface area contributed by atoms with E-state index < -0.39 is 0 Å². The molecule has 1 atom stereocenters. The number of nitrogens with one attached hydrogen (secondary N) is 1. The second-order valence-corrected chi connectivity index (χ2v) is 5.80. The lowest BCUT2D eigenvalue weighted by atomic mass is 9.98. The lowest BCUT2D eigenvalue weighted by molar-refractivity contribution is 0.506. The van der Waals surface area contributed by atoms with Crippen LogP contribution in [-0.4, -0.2) is 12.6 Å². The maximum Gasteiger partial charge on any atom is 0.126 e. The maximum absolute atomic E-state index is 13.7. The van der Waals surface area contributed by atoms with E-state index in [2.05, 4.69) is 40.3 Å². The fraction of sp³-hybridized carbons (Fsp3) is 0.294. The zero-order valence-electron chi connectivity index (χ0n) is 11.6. The van der Waals surface area contributed by atoms with Crippen LogP contribution in [0, 0.1) is 5.82 Å². The highest BCUT2D eigenvalue weighted by Crippen LogP contribution is 2.15. The van der Waals surface area contributed by atoms with E-state index in [0.29, 0.717) is 6.42 Å². The summed E-state index contributed by atoms with van der Waals surface area (Å²) in [4.78, 5) is 0. The van der Waals surface area contributed by atoms with Gasteiger partial charge < -0.3 is 5.32 Å². The Balaban J connectivity index is 2.07. The van der Waals surface area contributed by atoms with E-state index in [9.17, 15) is 4.39 Å². The van der Waals surface area contributed by atoms with Crippen LogP contribution >= 0.6 is 15.9 Å². The highest BCUT2D eigenvalue weighted by molar-refractivity contribution is 9.10. The van der Waals surface area contributed by atoms with Crippen molar-refractivity contribution in [2.24, 2.45) is 0 Å². The first-order valence-electron chi connectivity index (χ1n) is 6.90. The Morgan fingerprint density at radius 1 is 1.05 bits per heavy atom. The van der Waals surface area contributed by atoms with E-state index in [0.717, 1.165) is 23.0 Å². The lowest BCUT2D eigenvalue weighted by Crippen LogP contribution is -2.33. The molecule has 0 aliphatic heterocycles. The van der Waals surface area contributed by atoms with Crippen LogP contribution in [0.3, 0.4) is 0 Å². The van der Waals surface area contributed by atoms with Gasteiger partial charge >= 0.3 is 0 Å². The average Bonchev–Trinajstić information content (AvgIpc) is 2.44. The molecule has 106 valence electrons. The summed E-state index contributed by atoms with van der Waals surface area (Å²) in [7, 11) is 0. The molecule has 0 radical (unpaired) electrons. The predicted molar refractivity (Wildman–Crippen MR) is 85.4 cm³/mol. The first-order chi connectivity index (χ1) is 9.69. The summed E-state index contributed by atoms with van der Waals surface area (Å²) in [6.45, 7) is 2.96. The van der Waals surface area contributed by atoms with Gasteiger partial charge in [0.05, 0.1) is 0 Å². The third-order valence-corrected chi connectivity index (χ3v) is 3.84. The smallest absolute Gasteiger partial charge is 0.126 e. The number of rotatable bonds is 6. The molecule has 1 unspecified atom stereocenters. The van der Waals surface area contributed by atoms with Gasteiger partial charge in [0.15, 0.2) is 0 Å². The highest BCUT2D eigenvalue weighted by Gasteiger charge is 2.12. The largest absolute Gasteiger partial charge is 0.314 e. The quantitative estimate of drug-likeness (QED) is 0.827. The van der Waals surface area contributed by atoms with Crippen LogP contribution < -0.4 is 5.32 Å². The van der Waals surface area contributed by atoms with Gasteiger partial charge in [-0.1, -0.05) is 53.2 Å². The predicted octanol–water partition coefficient (Wildman–Crippen LogP) is 4.35. The first-order valence-corrected chi connectivity index (χ1v) is 7.69. The molecule has 2 rings (SSSR count). The fourth-order valence-electron chi connectivity index (χ4n) is 2.34. The molecule has 0 fully saturated rings. The van der Waals surface area contributed by atoms with E-state index in [-0.39, 0.29) is 11.9 Å². The second-order valence-electron chi connectivity index (χ2n) is 4.88. The van der Waals surface area contributed by atoms with Crippen molar-refractivity contribution in [3.05, 3.63) is 69.9 Å². The molecule has 0 heterocycles. The molecule has 1 nitrogen and oxygen atoms in total. The Morgan fingerprint density at radius 3 is 2.40 bits per heavy atom. The van der Waals surface area contributed by atoms with E-state index in [4.69, 9.17) is 0 Å². The molecule has 0 aromatic heterocycles. The minimum atomic E-state index is -0.119. The summed E-state index contributed by atoms with van der Waals surface area (Å²) in [5.41, 5.74) is 2.03. The monoisotopic (exact) mass is 335 g/mol. The van der Waals surface area contributed by atoms with Gasteiger partial charge in [-0.2, -0.15) is 0 Å². The third kappa shape index (κ3) is 4.43. The maximum atomic E-state index is 13.7. The summed E-state index contributed by atoms with van der Waals surface area (Å²) < 4.78 is 14.8. The van der Waals surface area contributed by atoms with Gasteiger partial charge in [0.1, 0.15) is 5.82 Å². The Hall–Kier alpha value is -1.19. The van der Waals surface area contributed by atoms with Crippen LogP contribution in [0.5, 0.6) is 0 Å². The van der Waals surface area contributed by atoms with E-state index in [1.165, 1.54) is 11.6 Å². The SMILES string of the molecule is CCNC(Cc1ccc(Br)cc1)Cc1ccccc1F. The molecule has 2 aromatic carbocycles. The minimum Gasteiger partial charge on any atom is -0.314 e. The topological polar surface area (TPSA) is 12.0 Å².